The van der Waals surface area contributed by atoms with Crippen LogP contribution < -0.4 is 5.32 Å². The molecule has 0 heterocycles. The molecule has 0 rings (SSSR count). The van der Waals surface area contributed by atoms with Gasteiger partial charge in [0.05, 0.1) is 6.54 Å². The van der Waals surface area contributed by atoms with E-state index in [0.717, 1.165) is 6.42 Å². The summed E-state index contributed by atoms with van der Waals surface area (Å²) in [6.45, 7) is 6.94. The second-order valence-corrected chi connectivity index (χ2v) is 3.66. The van der Waals surface area contributed by atoms with Gasteiger partial charge >= 0.3 is 5.97 Å². The molecule has 0 bridgehead atoms. The van der Waals surface area contributed by atoms with Gasteiger partial charge < -0.3 is 10.4 Å². The summed E-state index contributed by atoms with van der Waals surface area (Å²) in [5.41, 5.74) is 0. The highest BCUT2D eigenvalue weighted by Crippen LogP contribution is 2.07. The summed E-state index contributed by atoms with van der Waals surface area (Å²) in [6.07, 6.45) is 1.37. The monoisotopic (exact) mass is 230 g/mol. The summed E-state index contributed by atoms with van der Waals surface area (Å²) in [7, 11) is 0. The van der Waals surface area contributed by atoms with Crippen molar-refractivity contribution in [2.24, 2.45) is 0 Å². The first-order chi connectivity index (χ1) is 7.56. The third-order valence-electron chi connectivity index (χ3n) is 2.41. The fraction of sp³-hybridized carbons (Fsp3) is 0.818. The van der Waals surface area contributed by atoms with Crippen LogP contribution in [-0.4, -0.2) is 47.6 Å². The molecular formula is C11H22N2O3. The highest BCUT2D eigenvalue weighted by Gasteiger charge is 2.24. The minimum atomic E-state index is -0.854. The first-order valence-corrected chi connectivity index (χ1v) is 5.80. The van der Waals surface area contributed by atoms with E-state index in [1.54, 1.807) is 4.90 Å². The Bertz CT molecular complexity index is 231. The van der Waals surface area contributed by atoms with Crippen LogP contribution in [0.5, 0.6) is 0 Å². The van der Waals surface area contributed by atoms with Crippen LogP contribution in [0, 0.1) is 0 Å². The molecule has 0 aliphatic carbocycles. The van der Waals surface area contributed by atoms with Gasteiger partial charge in [0, 0.05) is 6.54 Å². The summed E-state index contributed by atoms with van der Waals surface area (Å²) < 4.78 is 0. The Morgan fingerprint density at radius 3 is 2.31 bits per heavy atom. The molecule has 1 unspecified atom stereocenters. The first kappa shape index (κ1) is 14.9. The van der Waals surface area contributed by atoms with Crippen LogP contribution in [0.4, 0.5) is 0 Å². The molecule has 0 aliphatic rings. The van der Waals surface area contributed by atoms with E-state index in [9.17, 15) is 9.59 Å². The highest BCUT2D eigenvalue weighted by molar-refractivity contribution is 5.79. The van der Waals surface area contributed by atoms with Gasteiger partial charge in [-0.05, 0) is 19.9 Å². The lowest BCUT2D eigenvalue weighted by atomic mass is 10.1. The smallest absolute Gasteiger partial charge is 0.320 e. The second kappa shape index (κ2) is 8.10. The molecule has 0 aromatic heterocycles. The van der Waals surface area contributed by atoms with E-state index in [2.05, 4.69) is 5.32 Å². The maximum absolute atomic E-state index is 11.4. The van der Waals surface area contributed by atoms with E-state index < -0.39 is 12.0 Å². The molecule has 0 aromatic carbocycles. The molecule has 0 fully saturated rings. The molecule has 5 heteroatoms. The van der Waals surface area contributed by atoms with Crippen LogP contribution in [0.2, 0.25) is 0 Å². The molecule has 0 spiro atoms. The number of nitrogens with one attached hydrogen (secondary N) is 1. The third-order valence-corrected chi connectivity index (χ3v) is 2.41. The predicted molar refractivity (Wildman–Crippen MR) is 62.3 cm³/mol. The van der Waals surface area contributed by atoms with Gasteiger partial charge in [-0.1, -0.05) is 20.3 Å². The quantitative estimate of drug-likeness (QED) is 0.644. The number of carbonyl (C=O) groups excluding carboxylic acids is 1. The third kappa shape index (κ3) is 5.11. The van der Waals surface area contributed by atoms with Crippen molar-refractivity contribution < 1.29 is 14.7 Å². The summed E-state index contributed by atoms with van der Waals surface area (Å²) >= 11 is 0. The zero-order valence-electron chi connectivity index (χ0n) is 10.3. The van der Waals surface area contributed by atoms with Crippen molar-refractivity contribution in [1.29, 1.82) is 0 Å². The van der Waals surface area contributed by atoms with Crippen LogP contribution in [-0.2, 0) is 9.59 Å². The molecule has 0 saturated carbocycles. The minimum absolute atomic E-state index is 0.119. The number of likely N-dealkylation sites (N-methyl/N-ethyl adjacent to an activating group) is 2. The fourth-order valence-electron chi connectivity index (χ4n) is 1.62. The molecule has 16 heavy (non-hydrogen) atoms. The van der Waals surface area contributed by atoms with E-state index in [1.807, 2.05) is 20.8 Å². The maximum atomic E-state index is 11.4. The molecule has 0 saturated heterocycles. The minimum Gasteiger partial charge on any atom is -0.480 e. The second-order valence-electron chi connectivity index (χ2n) is 3.66. The zero-order valence-corrected chi connectivity index (χ0v) is 10.3. The first-order valence-electron chi connectivity index (χ1n) is 5.80. The van der Waals surface area contributed by atoms with Crippen molar-refractivity contribution in [2.75, 3.05) is 19.6 Å². The van der Waals surface area contributed by atoms with Gasteiger partial charge in [0.15, 0.2) is 0 Å². The van der Waals surface area contributed by atoms with Crippen molar-refractivity contribution in [1.82, 2.24) is 10.2 Å². The molecule has 1 amide bonds. The summed E-state index contributed by atoms with van der Waals surface area (Å²) in [5.74, 6) is -0.972. The summed E-state index contributed by atoms with van der Waals surface area (Å²) in [6, 6.07) is -0.558. The van der Waals surface area contributed by atoms with E-state index in [1.165, 1.54) is 0 Å². The number of carboxylic acid groups (broad SMARTS) is 1. The van der Waals surface area contributed by atoms with Crippen LogP contribution >= 0.6 is 0 Å². The largest absolute Gasteiger partial charge is 0.480 e. The number of nitrogens with zero attached hydrogens (tertiary/aromatic N) is 1. The lowest BCUT2D eigenvalue weighted by Crippen LogP contribution is -2.46. The lowest BCUT2D eigenvalue weighted by molar-refractivity contribution is -0.144. The number of hydrogen-bond donors (Lipinski definition) is 2. The average Bonchev–Trinajstić information content (AvgIpc) is 2.23. The van der Waals surface area contributed by atoms with Gasteiger partial charge in [0.2, 0.25) is 5.91 Å². The standard InChI is InChI=1S/C11H22N2O3/c1-4-7-9(11(15)16)13(6-3)8-10(14)12-5-2/h9H,4-8H2,1-3H3,(H,12,14)(H,15,16). The van der Waals surface area contributed by atoms with Crippen LogP contribution in [0.15, 0.2) is 0 Å². The lowest BCUT2D eigenvalue weighted by Gasteiger charge is -2.26. The Balaban J connectivity index is 4.42. The number of rotatable bonds is 8. The van der Waals surface area contributed by atoms with Crippen molar-refractivity contribution >= 4 is 11.9 Å². The number of amides is 1. The van der Waals surface area contributed by atoms with Gasteiger partial charge in [0.1, 0.15) is 6.04 Å². The summed E-state index contributed by atoms with van der Waals surface area (Å²) in [5, 5.41) is 11.7. The molecule has 0 radical (unpaired) electrons. The molecule has 0 aromatic rings. The van der Waals surface area contributed by atoms with Gasteiger partial charge in [-0.15, -0.1) is 0 Å². The van der Waals surface area contributed by atoms with Gasteiger partial charge in [-0.2, -0.15) is 0 Å². The maximum Gasteiger partial charge on any atom is 0.320 e. The van der Waals surface area contributed by atoms with Gasteiger partial charge in [-0.3, -0.25) is 14.5 Å². The van der Waals surface area contributed by atoms with E-state index in [4.69, 9.17) is 5.11 Å². The molecule has 5 nitrogen and oxygen atoms in total. The molecular weight excluding hydrogens is 208 g/mol. The molecule has 0 aliphatic heterocycles. The number of carbonyl (C=O) groups is 2. The topological polar surface area (TPSA) is 69.6 Å². The zero-order chi connectivity index (χ0) is 12.6. The van der Waals surface area contributed by atoms with E-state index in [0.29, 0.717) is 19.5 Å². The van der Waals surface area contributed by atoms with Crippen molar-refractivity contribution in [3.8, 4) is 0 Å². The van der Waals surface area contributed by atoms with E-state index in [-0.39, 0.29) is 12.5 Å². The van der Waals surface area contributed by atoms with Crippen LogP contribution in [0.3, 0.4) is 0 Å². The Morgan fingerprint density at radius 1 is 1.31 bits per heavy atom. The molecule has 94 valence electrons. The average molecular weight is 230 g/mol. The summed E-state index contributed by atoms with van der Waals surface area (Å²) in [4.78, 5) is 24.1. The SMILES string of the molecule is CCCC(C(=O)O)N(CC)CC(=O)NCC. The van der Waals surface area contributed by atoms with Gasteiger partial charge in [-0.25, -0.2) is 0 Å². The van der Waals surface area contributed by atoms with Crippen LogP contribution in [0.25, 0.3) is 0 Å². The number of aliphatic carboxylic acids is 1. The van der Waals surface area contributed by atoms with Crippen molar-refractivity contribution in [3.63, 3.8) is 0 Å². The number of hydrogen-bond acceptors (Lipinski definition) is 3. The van der Waals surface area contributed by atoms with Crippen molar-refractivity contribution in [2.45, 2.75) is 39.7 Å². The Labute approximate surface area is 96.8 Å². The predicted octanol–water partition coefficient (Wildman–Crippen LogP) is 0.698. The Hall–Kier alpha value is -1.10. The van der Waals surface area contributed by atoms with Crippen molar-refractivity contribution in [3.05, 3.63) is 0 Å². The molecule has 1 atom stereocenters. The fourth-order valence-corrected chi connectivity index (χ4v) is 1.62. The van der Waals surface area contributed by atoms with Gasteiger partial charge in [0.25, 0.3) is 0 Å². The molecule has 2 N–H and O–H groups in total. The number of carboxylic acids is 1. The normalized spacial score (nSPS) is 12.5. The van der Waals surface area contributed by atoms with Crippen LogP contribution in [0.1, 0.15) is 33.6 Å². The highest BCUT2D eigenvalue weighted by atomic mass is 16.4. The Kier molecular flexibility index (Phi) is 7.54. The van der Waals surface area contributed by atoms with E-state index >= 15 is 0 Å². The Morgan fingerprint density at radius 2 is 1.94 bits per heavy atom.